The first-order valence-corrected chi connectivity index (χ1v) is 5.16. The van der Waals surface area contributed by atoms with Crippen molar-refractivity contribution in [2.45, 2.75) is 12.5 Å². The Morgan fingerprint density at radius 3 is 3.00 bits per heavy atom. The minimum absolute atomic E-state index is 0.307. The average molecular weight is 241 g/mol. The van der Waals surface area contributed by atoms with E-state index in [1.165, 1.54) is 12.1 Å². The lowest BCUT2D eigenvalue weighted by molar-refractivity contribution is -0.112. The van der Waals surface area contributed by atoms with E-state index in [2.05, 4.69) is 4.98 Å². The summed E-state index contributed by atoms with van der Waals surface area (Å²) in [4.78, 5) is 13.8. The first-order chi connectivity index (χ1) is 7.58. The van der Waals surface area contributed by atoms with Crippen LogP contribution in [0.3, 0.4) is 0 Å². The average Bonchev–Trinajstić information content (AvgIpc) is 2.60. The summed E-state index contributed by atoms with van der Waals surface area (Å²) in [6, 6.07) is 3.69. The Morgan fingerprint density at radius 1 is 1.56 bits per heavy atom. The molecule has 2 rings (SSSR count). The van der Waals surface area contributed by atoms with Crippen molar-refractivity contribution in [3.8, 4) is 0 Å². The number of carbonyl (C=O) groups excluding carboxylic acids is 1. The van der Waals surface area contributed by atoms with Gasteiger partial charge < -0.3 is 10.7 Å². The topological polar surface area (TPSA) is 58.9 Å². The Bertz CT molecular complexity index is 538. The molecule has 3 N–H and O–H groups in total. The molecule has 5 heteroatoms. The molecule has 1 atom stereocenters. The second-order valence-corrected chi connectivity index (χ2v) is 3.99. The van der Waals surface area contributed by atoms with Crippen LogP contribution in [-0.4, -0.2) is 16.3 Å². The summed E-state index contributed by atoms with van der Waals surface area (Å²) >= 11 is 5.29. The van der Waals surface area contributed by atoms with Crippen molar-refractivity contribution in [2.75, 3.05) is 0 Å². The van der Waals surface area contributed by atoms with Gasteiger partial charge in [0.2, 0.25) is 5.24 Å². The van der Waals surface area contributed by atoms with E-state index in [9.17, 15) is 9.18 Å². The molecule has 0 saturated heterocycles. The highest BCUT2D eigenvalue weighted by Crippen LogP contribution is 2.20. The van der Waals surface area contributed by atoms with E-state index in [1.807, 2.05) is 0 Å². The van der Waals surface area contributed by atoms with Crippen LogP contribution in [0.15, 0.2) is 24.4 Å². The number of rotatable bonds is 3. The maximum atomic E-state index is 12.9. The first kappa shape index (κ1) is 11.1. The predicted molar refractivity (Wildman–Crippen MR) is 60.8 cm³/mol. The molecule has 0 unspecified atom stereocenters. The summed E-state index contributed by atoms with van der Waals surface area (Å²) in [5.74, 6) is -0.307. The summed E-state index contributed by atoms with van der Waals surface area (Å²) in [5.41, 5.74) is 7.10. The molecule has 0 aliphatic rings. The van der Waals surface area contributed by atoms with Crippen LogP contribution in [0.4, 0.5) is 4.39 Å². The van der Waals surface area contributed by atoms with Gasteiger partial charge in [-0.15, -0.1) is 0 Å². The van der Waals surface area contributed by atoms with Gasteiger partial charge in [-0.05, 0) is 41.8 Å². The number of H-pyrrole nitrogens is 1. The lowest BCUT2D eigenvalue weighted by Gasteiger charge is -2.04. The molecule has 0 radical (unpaired) electrons. The first-order valence-electron chi connectivity index (χ1n) is 4.78. The number of carbonyl (C=O) groups is 1. The van der Waals surface area contributed by atoms with E-state index in [0.29, 0.717) is 11.9 Å². The molecule has 2 aromatic rings. The number of halogens is 2. The van der Waals surface area contributed by atoms with Crippen molar-refractivity contribution < 1.29 is 9.18 Å². The molecule has 3 nitrogen and oxygen atoms in total. The van der Waals surface area contributed by atoms with E-state index in [0.717, 1.165) is 10.9 Å². The van der Waals surface area contributed by atoms with Crippen molar-refractivity contribution in [2.24, 2.45) is 5.73 Å². The fraction of sp³-hybridized carbons (Fsp3) is 0.182. The monoisotopic (exact) mass is 240 g/mol. The second kappa shape index (κ2) is 4.23. The zero-order valence-electron chi connectivity index (χ0n) is 8.34. The number of nitrogens with two attached hydrogens (primary N) is 1. The second-order valence-electron chi connectivity index (χ2n) is 3.62. The highest BCUT2D eigenvalue weighted by Gasteiger charge is 2.14. The smallest absolute Gasteiger partial charge is 0.238 e. The van der Waals surface area contributed by atoms with Gasteiger partial charge >= 0.3 is 0 Å². The normalized spacial score (nSPS) is 12.9. The zero-order chi connectivity index (χ0) is 11.7. The van der Waals surface area contributed by atoms with Crippen LogP contribution in [0.1, 0.15) is 5.56 Å². The molecule has 1 aromatic carbocycles. The van der Waals surface area contributed by atoms with Crippen LogP contribution in [0, 0.1) is 5.82 Å². The Kier molecular flexibility index (Phi) is 2.94. The van der Waals surface area contributed by atoms with Gasteiger partial charge in [-0.3, -0.25) is 4.79 Å². The van der Waals surface area contributed by atoms with E-state index in [4.69, 9.17) is 17.3 Å². The highest BCUT2D eigenvalue weighted by atomic mass is 35.5. The molecule has 16 heavy (non-hydrogen) atoms. The van der Waals surface area contributed by atoms with Gasteiger partial charge in [-0.25, -0.2) is 4.39 Å². The van der Waals surface area contributed by atoms with Crippen molar-refractivity contribution in [1.29, 1.82) is 0 Å². The fourth-order valence-corrected chi connectivity index (χ4v) is 1.72. The lowest BCUT2D eigenvalue weighted by Crippen LogP contribution is -2.29. The number of benzene rings is 1. The third kappa shape index (κ3) is 2.08. The predicted octanol–water partition coefficient (Wildman–Crippen LogP) is 1.94. The van der Waals surface area contributed by atoms with Crippen LogP contribution in [-0.2, 0) is 11.2 Å². The van der Waals surface area contributed by atoms with Crippen LogP contribution in [0.2, 0.25) is 0 Å². The molecule has 1 aromatic heterocycles. The molecule has 84 valence electrons. The zero-order valence-corrected chi connectivity index (χ0v) is 9.09. The highest BCUT2D eigenvalue weighted by molar-refractivity contribution is 6.64. The van der Waals surface area contributed by atoms with Crippen LogP contribution >= 0.6 is 11.6 Å². The number of aromatic nitrogens is 1. The molecular weight excluding hydrogens is 231 g/mol. The Hall–Kier alpha value is -1.39. The SMILES string of the molecule is N[C@@H](Cc1c[nH]c2cc(F)ccc12)C(=O)Cl. The van der Waals surface area contributed by atoms with Crippen molar-refractivity contribution in [3.05, 3.63) is 35.8 Å². The van der Waals surface area contributed by atoms with E-state index >= 15 is 0 Å². The number of fused-ring (bicyclic) bond motifs is 1. The molecule has 0 bridgehead atoms. The number of hydrogen-bond donors (Lipinski definition) is 2. The fourth-order valence-electron chi connectivity index (χ4n) is 1.64. The number of hydrogen-bond acceptors (Lipinski definition) is 2. The molecule has 0 aliphatic carbocycles. The van der Waals surface area contributed by atoms with Crippen molar-refractivity contribution in [1.82, 2.24) is 4.98 Å². The Morgan fingerprint density at radius 2 is 2.31 bits per heavy atom. The minimum Gasteiger partial charge on any atom is -0.361 e. The van der Waals surface area contributed by atoms with E-state index in [1.54, 1.807) is 12.3 Å². The van der Waals surface area contributed by atoms with Crippen LogP contribution in [0.5, 0.6) is 0 Å². The molecule has 1 heterocycles. The largest absolute Gasteiger partial charge is 0.361 e. The molecule has 0 amide bonds. The summed E-state index contributed by atoms with van der Waals surface area (Å²) in [5, 5.41) is 0.284. The Labute approximate surface area is 96.4 Å². The van der Waals surface area contributed by atoms with Crippen molar-refractivity contribution in [3.63, 3.8) is 0 Å². The van der Waals surface area contributed by atoms with Gasteiger partial charge in [-0.2, -0.15) is 0 Å². The third-order valence-electron chi connectivity index (χ3n) is 2.46. The number of aromatic amines is 1. The summed E-state index contributed by atoms with van der Waals surface area (Å²) in [6.07, 6.45) is 2.05. The van der Waals surface area contributed by atoms with Gasteiger partial charge in [0.15, 0.2) is 0 Å². The molecule has 0 aliphatic heterocycles. The number of nitrogens with one attached hydrogen (secondary N) is 1. The molecule has 0 saturated carbocycles. The van der Waals surface area contributed by atoms with Gasteiger partial charge in [0, 0.05) is 17.1 Å². The van der Waals surface area contributed by atoms with Crippen molar-refractivity contribution >= 4 is 27.7 Å². The van der Waals surface area contributed by atoms with Gasteiger partial charge in [0.25, 0.3) is 0 Å². The van der Waals surface area contributed by atoms with E-state index < -0.39 is 11.3 Å². The van der Waals surface area contributed by atoms with E-state index in [-0.39, 0.29) is 5.82 Å². The maximum absolute atomic E-state index is 12.9. The van der Waals surface area contributed by atoms with Gasteiger partial charge in [0.1, 0.15) is 5.82 Å². The van der Waals surface area contributed by atoms with Gasteiger partial charge in [0.05, 0.1) is 6.04 Å². The summed E-state index contributed by atoms with van der Waals surface area (Å²) < 4.78 is 12.9. The van der Waals surface area contributed by atoms with Gasteiger partial charge in [-0.1, -0.05) is 0 Å². The molecular formula is C11H10ClFN2O. The third-order valence-corrected chi connectivity index (χ3v) is 2.74. The standard InChI is InChI=1S/C11H10ClFN2O/c12-11(16)9(14)3-6-5-15-10-4-7(13)1-2-8(6)10/h1-2,4-5,9,15H,3,14H2/t9-/m0/s1. The van der Waals surface area contributed by atoms with Crippen LogP contribution < -0.4 is 5.73 Å². The summed E-state index contributed by atoms with van der Waals surface area (Å²) in [6.45, 7) is 0. The quantitative estimate of drug-likeness (QED) is 0.806. The molecule has 0 fully saturated rings. The maximum Gasteiger partial charge on any atom is 0.238 e. The van der Waals surface area contributed by atoms with Crippen LogP contribution in [0.25, 0.3) is 10.9 Å². The molecule has 0 spiro atoms. The Balaban J connectivity index is 2.35. The lowest BCUT2D eigenvalue weighted by atomic mass is 10.1. The minimum atomic E-state index is -0.731. The summed E-state index contributed by atoms with van der Waals surface area (Å²) in [7, 11) is 0.